The van der Waals surface area contributed by atoms with Crippen LogP contribution in [0.2, 0.25) is 0 Å². The van der Waals surface area contributed by atoms with Crippen molar-refractivity contribution in [2.45, 2.75) is 12.8 Å². The zero-order valence-corrected chi connectivity index (χ0v) is 8.23. The summed E-state index contributed by atoms with van der Waals surface area (Å²) in [5.74, 6) is 0.638. The number of ether oxygens (including phenoxy) is 2. The summed E-state index contributed by atoms with van der Waals surface area (Å²) >= 11 is 0. The molecule has 1 aromatic rings. The van der Waals surface area contributed by atoms with Crippen LogP contribution < -0.4 is 4.74 Å². The van der Waals surface area contributed by atoms with Gasteiger partial charge in [0.05, 0.1) is 13.7 Å². The van der Waals surface area contributed by atoms with E-state index in [4.69, 9.17) is 4.74 Å². The van der Waals surface area contributed by atoms with E-state index < -0.39 is 0 Å². The number of rotatable bonds is 5. The average Bonchev–Trinajstić information content (AvgIpc) is 2.25. The van der Waals surface area contributed by atoms with Crippen molar-refractivity contribution in [2.75, 3.05) is 13.7 Å². The quantitative estimate of drug-likeness (QED) is 0.531. The van der Waals surface area contributed by atoms with E-state index in [1.54, 1.807) is 0 Å². The Kier molecular flexibility index (Phi) is 4.55. The molecule has 0 fully saturated rings. The van der Waals surface area contributed by atoms with Gasteiger partial charge in [-0.2, -0.15) is 0 Å². The molecule has 0 heterocycles. The summed E-state index contributed by atoms with van der Waals surface area (Å²) in [6.07, 6.45) is 1.09. The van der Waals surface area contributed by atoms with Crippen molar-refractivity contribution in [1.82, 2.24) is 0 Å². The summed E-state index contributed by atoms with van der Waals surface area (Å²) in [6.45, 7) is 0.541. The van der Waals surface area contributed by atoms with Gasteiger partial charge in [-0.3, -0.25) is 4.79 Å². The fraction of sp³-hybridized carbons (Fsp3) is 0.364. The third kappa shape index (κ3) is 3.94. The lowest BCUT2D eigenvalue weighted by Crippen LogP contribution is -2.04. The van der Waals surface area contributed by atoms with E-state index >= 15 is 0 Å². The zero-order chi connectivity index (χ0) is 10.2. The van der Waals surface area contributed by atoms with Crippen molar-refractivity contribution < 1.29 is 14.3 Å². The number of para-hydroxylation sites is 1. The van der Waals surface area contributed by atoms with Gasteiger partial charge in [0.15, 0.2) is 0 Å². The Morgan fingerprint density at radius 2 is 2.00 bits per heavy atom. The van der Waals surface area contributed by atoms with Crippen LogP contribution in [0.3, 0.4) is 0 Å². The van der Waals surface area contributed by atoms with Gasteiger partial charge in [0.25, 0.3) is 0 Å². The van der Waals surface area contributed by atoms with Gasteiger partial charge in [-0.15, -0.1) is 0 Å². The lowest BCUT2D eigenvalue weighted by molar-refractivity contribution is -0.140. The first-order chi connectivity index (χ1) is 6.83. The molecule has 0 amide bonds. The Balaban J connectivity index is 2.13. The van der Waals surface area contributed by atoms with E-state index in [9.17, 15) is 4.79 Å². The second-order valence-electron chi connectivity index (χ2n) is 2.84. The normalized spacial score (nSPS) is 9.50. The van der Waals surface area contributed by atoms with Gasteiger partial charge >= 0.3 is 5.97 Å². The minimum atomic E-state index is -0.193. The number of methoxy groups -OCH3 is 1. The first-order valence-corrected chi connectivity index (χ1v) is 4.57. The lowest BCUT2D eigenvalue weighted by Gasteiger charge is -2.04. The molecule has 0 aliphatic heterocycles. The highest BCUT2D eigenvalue weighted by Gasteiger charge is 1.99. The lowest BCUT2D eigenvalue weighted by atomic mass is 10.3. The Labute approximate surface area is 83.6 Å². The molecule has 0 aliphatic rings. The molecule has 0 radical (unpaired) electrons. The van der Waals surface area contributed by atoms with Crippen molar-refractivity contribution >= 4 is 5.97 Å². The van der Waals surface area contributed by atoms with Crippen LogP contribution in [0.1, 0.15) is 12.8 Å². The monoisotopic (exact) mass is 194 g/mol. The van der Waals surface area contributed by atoms with Gasteiger partial charge in [0.2, 0.25) is 0 Å². The van der Waals surface area contributed by atoms with E-state index in [1.165, 1.54) is 7.11 Å². The van der Waals surface area contributed by atoms with E-state index in [-0.39, 0.29) is 5.97 Å². The van der Waals surface area contributed by atoms with Crippen molar-refractivity contribution in [3.63, 3.8) is 0 Å². The van der Waals surface area contributed by atoms with Gasteiger partial charge in [-0.25, -0.2) is 0 Å². The van der Waals surface area contributed by atoms with Gasteiger partial charge in [0.1, 0.15) is 5.75 Å². The topological polar surface area (TPSA) is 35.5 Å². The highest BCUT2D eigenvalue weighted by molar-refractivity contribution is 5.68. The molecule has 0 spiro atoms. The molecule has 0 atom stereocenters. The minimum Gasteiger partial charge on any atom is -0.494 e. The molecular formula is C11H14O3. The zero-order valence-electron chi connectivity index (χ0n) is 8.23. The third-order valence-electron chi connectivity index (χ3n) is 1.76. The summed E-state index contributed by atoms with van der Waals surface area (Å²) in [4.78, 5) is 10.7. The Morgan fingerprint density at radius 3 is 2.64 bits per heavy atom. The maximum atomic E-state index is 10.7. The van der Waals surface area contributed by atoms with Crippen LogP contribution in [0.15, 0.2) is 30.3 Å². The predicted octanol–water partition coefficient (Wildman–Crippen LogP) is 2.02. The molecular weight excluding hydrogens is 180 g/mol. The number of esters is 1. The van der Waals surface area contributed by atoms with Crippen molar-refractivity contribution in [3.05, 3.63) is 30.3 Å². The molecule has 0 aromatic heterocycles. The molecule has 1 rings (SSSR count). The Hall–Kier alpha value is -1.51. The van der Waals surface area contributed by atoms with Crippen LogP contribution in [0.4, 0.5) is 0 Å². The molecule has 3 heteroatoms. The molecule has 0 unspecified atom stereocenters. The van der Waals surface area contributed by atoms with Gasteiger partial charge in [-0.1, -0.05) is 18.2 Å². The highest BCUT2D eigenvalue weighted by Crippen LogP contribution is 2.08. The molecule has 1 aromatic carbocycles. The first kappa shape index (κ1) is 10.6. The number of carbonyl (C=O) groups is 1. The number of benzene rings is 1. The maximum Gasteiger partial charge on any atom is 0.305 e. The summed E-state index contributed by atoms with van der Waals surface area (Å²) in [5, 5.41) is 0. The van der Waals surface area contributed by atoms with Gasteiger partial charge in [0, 0.05) is 6.42 Å². The molecule has 14 heavy (non-hydrogen) atoms. The maximum absolute atomic E-state index is 10.7. The average molecular weight is 194 g/mol. The van der Waals surface area contributed by atoms with E-state index in [0.717, 1.165) is 5.75 Å². The highest BCUT2D eigenvalue weighted by atomic mass is 16.5. The number of hydrogen-bond donors (Lipinski definition) is 0. The summed E-state index contributed by atoms with van der Waals surface area (Å²) in [5.41, 5.74) is 0. The Morgan fingerprint density at radius 1 is 1.29 bits per heavy atom. The molecule has 76 valence electrons. The fourth-order valence-corrected chi connectivity index (χ4v) is 1.03. The van der Waals surface area contributed by atoms with Crippen molar-refractivity contribution in [2.24, 2.45) is 0 Å². The summed E-state index contributed by atoms with van der Waals surface area (Å²) in [6, 6.07) is 9.53. The fourth-order valence-electron chi connectivity index (χ4n) is 1.03. The number of hydrogen-bond acceptors (Lipinski definition) is 3. The van der Waals surface area contributed by atoms with Crippen LogP contribution >= 0.6 is 0 Å². The molecule has 0 saturated carbocycles. The first-order valence-electron chi connectivity index (χ1n) is 4.57. The largest absolute Gasteiger partial charge is 0.494 e. The second kappa shape index (κ2) is 6.02. The number of carbonyl (C=O) groups excluding carboxylic acids is 1. The minimum absolute atomic E-state index is 0.193. The van der Waals surface area contributed by atoms with E-state index in [0.29, 0.717) is 19.4 Å². The molecule has 0 aliphatic carbocycles. The second-order valence-corrected chi connectivity index (χ2v) is 2.84. The van der Waals surface area contributed by atoms with E-state index in [1.807, 2.05) is 30.3 Å². The van der Waals surface area contributed by atoms with Crippen molar-refractivity contribution in [1.29, 1.82) is 0 Å². The third-order valence-corrected chi connectivity index (χ3v) is 1.76. The van der Waals surface area contributed by atoms with E-state index in [2.05, 4.69) is 4.74 Å². The predicted molar refractivity (Wildman–Crippen MR) is 53.2 cm³/mol. The van der Waals surface area contributed by atoms with Crippen molar-refractivity contribution in [3.8, 4) is 5.75 Å². The summed E-state index contributed by atoms with van der Waals surface area (Å²) < 4.78 is 9.90. The smallest absolute Gasteiger partial charge is 0.305 e. The van der Waals surface area contributed by atoms with Gasteiger partial charge < -0.3 is 9.47 Å². The van der Waals surface area contributed by atoms with Crippen LogP contribution in [0, 0.1) is 0 Å². The van der Waals surface area contributed by atoms with Crippen LogP contribution in [-0.2, 0) is 9.53 Å². The molecule has 0 N–H and O–H groups in total. The molecule has 0 bridgehead atoms. The molecule has 0 saturated heterocycles. The van der Waals surface area contributed by atoms with Crippen LogP contribution in [0.5, 0.6) is 5.75 Å². The van der Waals surface area contributed by atoms with Gasteiger partial charge in [-0.05, 0) is 18.6 Å². The SMILES string of the molecule is COC(=O)CCCOc1ccccc1. The van der Waals surface area contributed by atoms with Crippen LogP contribution in [-0.4, -0.2) is 19.7 Å². The van der Waals surface area contributed by atoms with Crippen LogP contribution in [0.25, 0.3) is 0 Å². The summed E-state index contributed by atoms with van der Waals surface area (Å²) in [7, 11) is 1.39. The molecule has 3 nitrogen and oxygen atoms in total. The Bertz CT molecular complexity index is 269. The standard InChI is InChI=1S/C11H14O3/c1-13-11(12)8-5-9-14-10-6-3-2-4-7-10/h2-4,6-7H,5,8-9H2,1H3.